The van der Waals surface area contributed by atoms with Crippen LogP contribution >= 0.6 is 0 Å². The number of rotatable bonds is 9. The van der Waals surface area contributed by atoms with Gasteiger partial charge in [0.05, 0.1) is 6.61 Å². The van der Waals surface area contributed by atoms with Crippen molar-refractivity contribution in [3.63, 3.8) is 0 Å². The molecule has 190 valence electrons. The van der Waals surface area contributed by atoms with E-state index in [-0.39, 0.29) is 5.91 Å². The Balaban J connectivity index is 1.24. The minimum atomic E-state index is -1.06. The molecule has 35 heavy (non-hydrogen) atoms. The number of hydrogen-bond acceptors (Lipinski definition) is 4. The molecule has 0 unspecified atom stereocenters. The van der Waals surface area contributed by atoms with Gasteiger partial charge in [0.2, 0.25) is 5.88 Å². The number of ether oxygens (including phenoxy) is 1. The summed E-state index contributed by atoms with van der Waals surface area (Å²) in [4.78, 5) is 21.4. The van der Waals surface area contributed by atoms with Crippen molar-refractivity contribution in [2.45, 2.75) is 64.5 Å². The van der Waals surface area contributed by atoms with Crippen LogP contribution in [0.3, 0.4) is 0 Å². The lowest BCUT2D eigenvalue weighted by Crippen LogP contribution is -2.44. The highest BCUT2D eigenvalue weighted by Gasteiger charge is 2.30. The van der Waals surface area contributed by atoms with Crippen molar-refractivity contribution in [3.05, 3.63) is 48.2 Å². The van der Waals surface area contributed by atoms with Gasteiger partial charge in [-0.1, -0.05) is 26.0 Å². The molecule has 0 spiro atoms. The van der Waals surface area contributed by atoms with Gasteiger partial charge in [0, 0.05) is 43.0 Å². The third-order valence-electron chi connectivity index (χ3n) is 7.79. The van der Waals surface area contributed by atoms with Gasteiger partial charge in [-0.15, -0.1) is 0 Å². The number of hydrogen-bond donors (Lipinski definition) is 0. The first-order chi connectivity index (χ1) is 17.0. The molecule has 2 aliphatic rings. The van der Waals surface area contributed by atoms with E-state index in [0.29, 0.717) is 37.8 Å². The van der Waals surface area contributed by atoms with Gasteiger partial charge in [-0.25, -0.2) is 9.37 Å². The number of nitrogens with zero attached hydrogens (tertiary/aromatic N) is 3. The van der Waals surface area contributed by atoms with Crippen LogP contribution in [0, 0.1) is 5.92 Å². The summed E-state index contributed by atoms with van der Waals surface area (Å²) in [5, 5.41) is 0. The molecule has 0 N–H and O–H groups in total. The molecule has 0 saturated carbocycles. The largest absolute Gasteiger partial charge is 0.477 e. The fourth-order valence-corrected chi connectivity index (χ4v) is 5.11. The molecule has 0 aliphatic carbocycles. The van der Waals surface area contributed by atoms with Gasteiger partial charge < -0.3 is 14.5 Å². The molecule has 2 aromatic rings. The first-order valence-electron chi connectivity index (χ1n) is 13.4. The average molecular weight is 482 g/mol. The SMILES string of the molecule is CCC(F)(CC)CN1CCC(COc2ccc(-c3ccc(C(=O)N4CCCCC4)cc3)cn2)CC1. The van der Waals surface area contributed by atoms with Gasteiger partial charge in [0.25, 0.3) is 5.91 Å². The first kappa shape index (κ1) is 25.6. The van der Waals surface area contributed by atoms with E-state index in [1.807, 2.05) is 61.3 Å². The maximum absolute atomic E-state index is 14.7. The third-order valence-corrected chi connectivity index (χ3v) is 7.79. The molecule has 4 rings (SSSR count). The minimum Gasteiger partial charge on any atom is -0.477 e. The number of piperidine rings is 2. The van der Waals surface area contributed by atoms with Crippen molar-refractivity contribution in [1.29, 1.82) is 0 Å². The topological polar surface area (TPSA) is 45.7 Å². The van der Waals surface area contributed by atoms with Crippen LogP contribution < -0.4 is 4.74 Å². The van der Waals surface area contributed by atoms with Crippen molar-refractivity contribution in [2.75, 3.05) is 39.3 Å². The fraction of sp³-hybridized carbons (Fsp3) is 0.586. The van der Waals surface area contributed by atoms with Crippen molar-refractivity contribution >= 4 is 5.91 Å². The second-order valence-electron chi connectivity index (χ2n) is 10.2. The molecule has 0 radical (unpaired) electrons. The molecule has 6 heteroatoms. The molecule has 2 saturated heterocycles. The molecule has 1 amide bonds. The van der Waals surface area contributed by atoms with Crippen LogP contribution in [-0.4, -0.2) is 65.7 Å². The summed E-state index contributed by atoms with van der Waals surface area (Å²) in [7, 11) is 0. The van der Waals surface area contributed by atoms with E-state index in [0.717, 1.165) is 68.6 Å². The zero-order valence-electron chi connectivity index (χ0n) is 21.3. The van der Waals surface area contributed by atoms with Crippen molar-refractivity contribution in [1.82, 2.24) is 14.8 Å². The molecule has 2 aliphatic heterocycles. The van der Waals surface area contributed by atoms with E-state index in [2.05, 4.69) is 9.88 Å². The molecular weight excluding hydrogens is 441 g/mol. The molecule has 3 heterocycles. The Morgan fingerprint density at radius 3 is 2.23 bits per heavy atom. The number of likely N-dealkylation sites (tertiary alicyclic amines) is 2. The summed E-state index contributed by atoms with van der Waals surface area (Å²) in [5.74, 6) is 1.24. The number of pyridine rings is 1. The lowest BCUT2D eigenvalue weighted by Gasteiger charge is -2.36. The highest BCUT2D eigenvalue weighted by atomic mass is 19.1. The number of carbonyl (C=O) groups is 1. The van der Waals surface area contributed by atoms with Gasteiger partial charge in [0.1, 0.15) is 5.67 Å². The number of carbonyl (C=O) groups excluding carboxylic acids is 1. The van der Waals surface area contributed by atoms with E-state index in [1.165, 1.54) is 6.42 Å². The van der Waals surface area contributed by atoms with Crippen LogP contribution in [0.4, 0.5) is 4.39 Å². The highest BCUT2D eigenvalue weighted by molar-refractivity contribution is 5.94. The maximum atomic E-state index is 14.7. The van der Waals surface area contributed by atoms with Gasteiger partial charge in [-0.2, -0.15) is 0 Å². The Hall–Kier alpha value is -2.47. The number of halogens is 1. The van der Waals surface area contributed by atoms with Crippen LogP contribution in [-0.2, 0) is 0 Å². The second-order valence-corrected chi connectivity index (χ2v) is 10.2. The number of aromatic nitrogens is 1. The van der Waals surface area contributed by atoms with Crippen molar-refractivity contribution in [2.24, 2.45) is 5.92 Å². The van der Waals surface area contributed by atoms with Gasteiger partial charge >= 0.3 is 0 Å². The highest BCUT2D eigenvalue weighted by Crippen LogP contribution is 2.26. The Kier molecular flexibility index (Phi) is 8.77. The molecule has 0 bridgehead atoms. The molecule has 2 fully saturated rings. The van der Waals surface area contributed by atoms with E-state index in [1.54, 1.807) is 0 Å². The Morgan fingerprint density at radius 2 is 1.63 bits per heavy atom. The monoisotopic (exact) mass is 481 g/mol. The van der Waals surface area contributed by atoms with E-state index >= 15 is 0 Å². The predicted molar refractivity (Wildman–Crippen MR) is 139 cm³/mol. The summed E-state index contributed by atoms with van der Waals surface area (Å²) in [6, 6.07) is 11.7. The molecule has 1 aromatic heterocycles. The third kappa shape index (κ3) is 6.81. The zero-order chi connectivity index (χ0) is 24.7. The van der Waals surface area contributed by atoms with Crippen LogP contribution in [0.25, 0.3) is 11.1 Å². The second kappa shape index (κ2) is 12.0. The van der Waals surface area contributed by atoms with Crippen LogP contribution in [0.1, 0.15) is 69.2 Å². The normalized spacial score (nSPS) is 18.0. The quantitative estimate of drug-likeness (QED) is 0.441. The van der Waals surface area contributed by atoms with Crippen LogP contribution in [0.2, 0.25) is 0 Å². The van der Waals surface area contributed by atoms with E-state index < -0.39 is 5.67 Å². The summed E-state index contributed by atoms with van der Waals surface area (Å²) < 4.78 is 20.7. The lowest BCUT2D eigenvalue weighted by atomic mass is 9.94. The van der Waals surface area contributed by atoms with Gasteiger partial charge in [-0.3, -0.25) is 4.79 Å². The molecule has 0 atom stereocenters. The molecular formula is C29H40FN3O2. The maximum Gasteiger partial charge on any atom is 0.253 e. The van der Waals surface area contributed by atoms with Crippen LogP contribution in [0.5, 0.6) is 5.88 Å². The number of amides is 1. The summed E-state index contributed by atoms with van der Waals surface area (Å²) >= 11 is 0. The predicted octanol–water partition coefficient (Wildman–Crippen LogP) is 5.99. The van der Waals surface area contributed by atoms with Crippen molar-refractivity contribution < 1.29 is 13.9 Å². The number of alkyl halides is 1. The first-order valence-corrected chi connectivity index (χ1v) is 13.4. The smallest absolute Gasteiger partial charge is 0.253 e. The van der Waals surface area contributed by atoms with Gasteiger partial charge in [-0.05, 0) is 87.7 Å². The minimum absolute atomic E-state index is 0.128. The molecule has 1 aromatic carbocycles. The van der Waals surface area contributed by atoms with Crippen molar-refractivity contribution in [3.8, 4) is 17.0 Å². The Bertz CT molecular complexity index is 929. The Labute approximate surface area is 209 Å². The fourth-order valence-electron chi connectivity index (χ4n) is 5.11. The van der Waals surface area contributed by atoms with E-state index in [4.69, 9.17) is 4.74 Å². The molecule has 5 nitrogen and oxygen atoms in total. The average Bonchev–Trinajstić information content (AvgIpc) is 2.93. The Morgan fingerprint density at radius 1 is 0.971 bits per heavy atom. The zero-order valence-corrected chi connectivity index (χ0v) is 21.3. The summed E-state index contributed by atoms with van der Waals surface area (Å²) in [6.07, 6.45) is 8.46. The standard InChI is InChI=1S/C29H40FN3O2/c1-3-29(30,4-2)22-32-18-14-23(15-19-32)21-35-27-13-12-26(20-31-27)24-8-10-25(11-9-24)28(34)33-16-6-5-7-17-33/h8-13,20,23H,3-7,14-19,21-22H2,1-2H3. The summed E-state index contributed by atoms with van der Waals surface area (Å²) in [6.45, 7) is 8.66. The van der Waals surface area contributed by atoms with Crippen LogP contribution in [0.15, 0.2) is 42.6 Å². The number of benzene rings is 1. The summed E-state index contributed by atoms with van der Waals surface area (Å²) in [5.41, 5.74) is 1.73. The van der Waals surface area contributed by atoms with Gasteiger partial charge in [0.15, 0.2) is 0 Å². The van der Waals surface area contributed by atoms with E-state index in [9.17, 15) is 9.18 Å². The lowest BCUT2D eigenvalue weighted by molar-refractivity contribution is 0.0565.